The van der Waals surface area contributed by atoms with Crippen LogP contribution in [0.1, 0.15) is 44.9 Å². The first-order valence-corrected chi connectivity index (χ1v) is 10.7. The van der Waals surface area contributed by atoms with Crippen LogP contribution in [0.2, 0.25) is 0 Å². The number of hydrogen-bond donors (Lipinski definition) is 4. The van der Waals surface area contributed by atoms with E-state index in [-0.39, 0.29) is 23.3 Å². The molecule has 6 N–H and O–H groups in total. The molecular formula is C22H31ClN6O2. The molecule has 31 heavy (non-hydrogen) atoms. The second-order valence-corrected chi connectivity index (χ2v) is 9.29. The summed E-state index contributed by atoms with van der Waals surface area (Å²) < 4.78 is 5.63. The lowest BCUT2D eigenvalue weighted by Gasteiger charge is -2.42. The number of fused-ring (bicyclic) bond motifs is 2. The highest BCUT2D eigenvalue weighted by molar-refractivity contribution is 6.29. The standard InChI is InChI=1S/C22H31ClN6O2/c1-22(2,3)31-21(30)29-16-4-5-17(29)13-28(12-16)19(6-7-24)18-8-15(11-27-18)14(10-25)9-20(23)26/h6-11,16-17,24,27H,4-5,12-13,25-26H2,1-3H3/b14-10+,19-6+,20-9-,24-7?. The second-order valence-electron chi connectivity index (χ2n) is 8.85. The number of aromatic amines is 1. The first kappa shape index (κ1) is 22.8. The van der Waals surface area contributed by atoms with E-state index >= 15 is 0 Å². The lowest BCUT2D eigenvalue weighted by Crippen LogP contribution is -2.56. The van der Waals surface area contributed by atoms with Gasteiger partial charge in [-0.25, -0.2) is 4.79 Å². The Balaban J connectivity index is 1.81. The van der Waals surface area contributed by atoms with Crippen LogP contribution in [0.4, 0.5) is 4.79 Å². The summed E-state index contributed by atoms with van der Waals surface area (Å²) in [5, 5.41) is 7.79. The predicted molar refractivity (Wildman–Crippen MR) is 124 cm³/mol. The van der Waals surface area contributed by atoms with E-state index in [1.165, 1.54) is 12.4 Å². The largest absolute Gasteiger partial charge is 0.444 e. The minimum absolute atomic E-state index is 0.0793. The van der Waals surface area contributed by atoms with Gasteiger partial charge in [0.15, 0.2) is 0 Å². The van der Waals surface area contributed by atoms with Crippen molar-refractivity contribution in [1.29, 1.82) is 5.41 Å². The summed E-state index contributed by atoms with van der Waals surface area (Å²) in [5.41, 5.74) is 14.1. The van der Waals surface area contributed by atoms with E-state index in [1.807, 2.05) is 37.9 Å². The van der Waals surface area contributed by atoms with Gasteiger partial charge in [-0.3, -0.25) is 4.90 Å². The van der Waals surface area contributed by atoms with Crippen LogP contribution in [0.15, 0.2) is 35.8 Å². The molecule has 2 unspecified atom stereocenters. The molecule has 3 rings (SSSR count). The molecule has 2 aliphatic heterocycles. The van der Waals surface area contributed by atoms with Gasteiger partial charge in [-0.1, -0.05) is 11.6 Å². The lowest BCUT2D eigenvalue weighted by atomic mass is 10.1. The quantitative estimate of drug-likeness (QED) is 0.313. The summed E-state index contributed by atoms with van der Waals surface area (Å²) in [6, 6.07) is 2.11. The highest BCUT2D eigenvalue weighted by Gasteiger charge is 2.44. The highest BCUT2D eigenvalue weighted by Crippen LogP contribution is 2.35. The van der Waals surface area contributed by atoms with Crippen molar-refractivity contribution in [3.8, 4) is 0 Å². The molecule has 2 saturated heterocycles. The average Bonchev–Trinajstić information content (AvgIpc) is 3.25. The van der Waals surface area contributed by atoms with Gasteiger partial charge in [-0.05, 0) is 51.8 Å². The van der Waals surface area contributed by atoms with Crippen LogP contribution in [0.5, 0.6) is 0 Å². The molecule has 9 heteroatoms. The van der Waals surface area contributed by atoms with Crippen molar-refractivity contribution < 1.29 is 9.53 Å². The first-order chi connectivity index (χ1) is 14.6. The topological polar surface area (TPSA) is 124 Å². The summed E-state index contributed by atoms with van der Waals surface area (Å²) in [4.78, 5) is 20.1. The molecule has 2 fully saturated rings. The third-order valence-electron chi connectivity index (χ3n) is 5.43. The normalized spacial score (nSPS) is 22.6. The number of carbonyl (C=O) groups excluding carboxylic acids is 1. The van der Waals surface area contributed by atoms with Gasteiger partial charge in [0.25, 0.3) is 0 Å². The zero-order valence-electron chi connectivity index (χ0n) is 18.2. The number of rotatable bonds is 5. The number of H-pyrrole nitrogens is 1. The summed E-state index contributed by atoms with van der Waals surface area (Å²) in [6.07, 6.45) is 9.53. The lowest BCUT2D eigenvalue weighted by molar-refractivity contribution is 0.00193. The van der Waals surface area contributed by atoms with Crippen molar-refractivity contribution in [2.75, 3.05) is 13.1 Å². The van der Waals surface area contributed by atoms with Crippen molar-refractivity contribution in [3.05, 3.63) is 47.0 Å². The van der Waals surface area contributed by atoms with Crippen molar-refractivity contribution >= 4 is 35.2 Å². The number of amides is 1. The number of piperazine rings is 1. The molecule has 3 heterocycles. The zero-order chi connectivity index (χ0) is 22.8. The second kappa shape index (κ2) is 9.09. The van der Waals surface area contributed by atoms with E-state index in [1.54, 1.807) is 12.2 Å². The number of nitrogens with zero attached hydrogens (tertiary/aromatic N) is 2. The van der Waals surface area contributed by atoms with Gasteiger partial charge in [0.2, 0.25) is 0 Å². The monoisotopic (exact) mass is 446 g/mol. The maximum absolute atomic E-state index is 12.7. The Hall–Kier alpha value is -2.87. The molecule has 168 valence electrons. The number of allylic oxidation sites excluding steroid dienone is 3. The van der Waals surface area contributed by atoms with E-state index in [0.717, 1.165) is 29.8 Å². The Kier molecular flexibility index (Phi) is 6.69. The Morgan fingerprint density at radius 2 is 1.97 bits per heavy atom. The molecule has 1 aromatic rings. The van der Waals surface area contributed by atoms with Gasteiger partial charge in [0, 0.05) is 42.8 Å². The van der Waals surface area contributed by atoms with Crippen LogP contribution in [-0.4, -0.2) is 57.9 Å². The number of halogens is 1. The molecule has 0 spiro atoms. The molecule has 2 aliphatic rings. The summed E-state index contributed by atoms with van der Waals surface area (Å²) in [5.74, 6) is 0. The maximum atomic E-state index is 12.7. The number of nitrogens with one attached hydrogen (secondary N) is 2. The van der Waals surface area contributed by atoms with Gasteiger partial charge in [0.05, 0.1) is 28.6 Å². The van der Waals surface area contributed by atoms with Crippen LogP contribution in [-0.2, 0) is 4.74 Å². The fraction of sp³-hybridized carbons (Fsp3) is 0.455. The fourth-order valence-corrected chi connectivity index (χ4v) is 4.36. The maximum Gasteiger partial charge on any atom is 0.410 e. The van der Waals surface area contributed by atoms with Crippen molar-refractivity contribution in [2.24, 2.45) is 11.5 Å². The summed E-state index contributed by atoms with van der Waals surface area (Å²) in [7, 11) is 0. The molecule has 0 radical (unpaired) electrons. The molecular weight excluding hydrogens is 416 g/mol. The molecule has 2 bridgehead atoms. The Labute approximate surface area is 188 Å². The molecule has 0 aromatic carbocycles. The SMILES string of the molecule is CC(C)(C)OC(=O)N1C2CCC1CN(/C(=C/C=N)c1cc(C(/C=C(\N)Cl)=C/N)c[nH]1)C2. The van der Waals surface area contributed by atoms with E-state index in [4.69, 9.17) is 33.2 Å². The number of aromatic nitrogens is 1. The number of hydrogen-bond acceptors (Lipinski definition) is 6. The fourth-order valence-electron chi connectivity index (χ4n) is 4.24. The molecule has 1 aromatic heterocycles. The van der Waals surface area contributed by atoms with Gasteiger partial charge in [0.1, 0.15) is 5.60 Å². The summed E-state index contributed by atoms with van der Waals surface area (Å²) in [6.45, 7) is 7.01. The number of likely N-dealkylation sites (tertiary alicyclic amines) is 1. The van der Waals surface area contributed by atoms with Crippen LogP contribution < -0.4 is 11.5 Å². The Bertz CT molecular complexity index is 909. The van der Waals surface area contributed by atoms with Crippen molar-refractivity contribution in [1.82, 2.24) is 14.8 Å². The van der Waals surface area contributed by atoms with E-state index < -0.39 is 5.60 Å². The predicted octanol–water partition coefficient (Wildman–Crippen LogP) is 3.43. The van der Waals surface area contributed by atoms with Crippen molar-refractivity contribution in [2.45, 2.75) is 51.3 Å². The third-order valence-corrected chi connectivity index (χ3v) is 5.54. The summed E-state index contributed by atoms with van der Waals surface area (Å²) >= 11 is 5.80. The van der Waals surface area contributed by atoms with Crippen LogP contribution in [0.3, 0.4) is 0 Å². The van der Waals surface area contributed by atoms with Gasteiger partial charge in [-0.2, -0.15) is 0 Å². The number of nitrogens with two attached hydrogens (primary N) is 2. The van der Waals surface area contributed by atoms with Crippen LogP contribution >= 0.6 is 11.6 Å². The van der Waals surface area contributed by atoms with Crippen LogP contribution in [0, 0.1) is 5.41 Å². The van der Waals surface area contributed by atoms with E-state index in [0.29, 0.717) is 18.7 Å². The van der Waals surface area contributed by atoms with Gasteiger partial charge < -0.3 is 31.5 Å². The number of carbonyl (C=O) groups is 1. The molecule has 2 atom stereocenters. The Morgan fingerprint density at radius 3 is 2.48 bits per heavy atom. The molecule has 1 amide bonds. The Morgan fingerprint density at radius 1 is 1.32 bits per heavy atom. The number of ether oxygens (including phenoxy) is 1. The zero-order valence-corrected chi connectivity index (χ0v) is 18.9. The average molecular weight is 447 g/mol. The first-order valence-electron chi connectivity index (χ1n) is 10.3. The van der Waals surface area contributed by atoms with E-state index in [9.17, 15) is 4.79 Å². The third kappa shape index (κ3) is 5.25. The molecule has 8 nitrogen and oxygen atoms in total. The smallest absolute Gasteiger partial charge is 0.410 e. The van der Waals surface area contributed by atoms with Gasteiger partial charge in [-0.15, -0.1) is 0 Å². The highest BCUT2D eigenvalue weighted by atomic mass is 35.5. The van der Waals surface area contributed by atoms with Gasteiger partial charge >= 0.3 is 6.09 Å². The van der Waals surface area contributed by atoms with Crippen LogP contribution in [0.25, 0.3) is 11.3 Å². The molecule has 0 saturated carbocycles. The molecule has 0 aliphatic carbocycles. The van der Waals surface area contributed by atoms with E-state index in [2.05, 4.69) is 9.88 Å². The minimum atomic E-state index is -0.519. The van der Waals surface area contributed by atoms with Crippen molar-refractivity contribution in [3.63, 3.8) is 0 Å². The minimum Gasteiger partial charge on any atom is -0.444 e.